The van der Waals surface area contributed by atoms with Gasteiger partial charge in [0.2, 0.25) is 0 Å². The van der Waals surface area contributed by atoms with E-state index in [1.54, 1.807) is 0 Å². The first-order chi connectivity index (χ1) is 20.5. The van der Waals surface area contributed by atoms with Crippen molar-refractivity contribution in [2.24, 2.45) is 23.7 Å². The topological polar surface area (TPSA) is 24.9 Å². The van der Waals surface area contributed by atoms with Crippen LogP contribution in [0.4, 0.5) is 0 Å². The van der Waals surface area contributed by atoms with Crippen molar-refractivity contribution in [1.82, 2.24) is 9.80 Å². The normalized spacial score (nSPS) is 23.3. The van der Waals surface area contributed by atoms with Gasteiger partial charge in [-0.2, -0.15) is 0 Å². The number of aryl methyl sites for hydroxylation is 2. The van der Waals surface area contributed by atoms with Gasteiger partial charge >= 0.3 is 0 Å². The Balaban J connectivity index is 0.000000230. The van der Waals surface area contributed by atoms with E-state index in [-0.39, 0.29) is 0 Å². The largest absolute Gasteiger partial charge is 0.381 e. The molecule has 0 spiro atoms. The van der Waals surface area contributed by atoms with E-state index in [0.717, 1.165) is 75.8 Å². The second kappa shape index (κ2) is 21.1. The Morgan fingerprint density at radius 2 is 0.833 bits per heavy atom. The Morgan fingerprint density at radius 3 is 1.19 bits per heavy atom. The summed E-state index contributed by atoms with van der Waals surface area (Å²) < 4.78 is 11.5. The average Bonchev–Trinajstić information content (AvgIpc) is 2.97. The standard InChI is InChI=1S/2C19H31NO/c2*1-17-14-18(2)16-20(15-17)11-7-13-21-12-6-10-19-8-4-3-5-9-19/h2*3-5,8-9,17-18H,6-7,10-16H2,1-2H3/t17-,18+;17-,18-/m.0/s1. The Bertz CT molecular complexity index is 812. The van der Waals surface area contributed by atoms with E-state index in [0.29, 0.717) is 0 Å². The molecular formula is C38H62N2O2. The molecule has 2 aromatic carbocycles. The molecule has 0 radical (unpaired) electrons. The van der Waals surface area contributed by atoms with Crippen LogP contribution in [0.5, 0.6) is 0 Å². The van der Waals surface area contributed by atoms with E-state index in [1.165, 1.54) is 76.1 Å². The van der Waals surface area contributed by atoms with Crippen LogP contribution < -0.4 is 0 Å². The second-order valence-corrected chi connectivity index (χ2v) is 13.5. The fourth-order valence-electron chi connectivity index (χ4n) is 6.98. The van der Waals surface area contributed by atoms with Gasteiger partial charge in [-0.15, -0.1) is 0 Å². The van der Waals surface area contributed by atoms with Crippen LogP contribution >= 0.6 is 0 Å². The molecule has 2 aliphatic rings. The quantitative estimate of drug-likeness (QED) is 0.188. The summed E-state index contributed by atoms with van der Waals surface area (Å²) in [4.78, 5) is 5.23. The maximum atomic E-state index is 5.77. The molecule has 2 aliphatic heterocycles. The molecule has 236 valence electrons. The molecule has 0 bridgehead atoms. The fourth-order valence-corrected chi connectivity index (χ4v) is 6.98. The summed E-state index contributed by atoms with van der Waals surface area (Å²) in [5.41, 5.74) is 2.83. The predicted molar refractivity (Wildman–Crippen MR) is 179 cm³/mol. The van der Waals surface area contributed by atoms with E-state index in [2.05, 4.69) is 98.2 Å². The molecule has 0 amide bonds. The van der Waals surface area contributed by atoms with Gasteiger partial charge in [-0.1, -0.05) is 88.4 Å². The molecular weight excluding hydrogens is 516 g/mol. The minimum Gasteiger partial charge on any atom is -0.381 e. The van der Waals surface area contributed by atoms with Gasteiger partial charge in [0.1, 0.15) is 0 Å². The van der Waals surface area contributed by atoms with Crippen molar-refractivity contribution in [1.29, 1.82) is 0 Å². The number of rotatable bonds is 16. The molecule has 4 nitrogen and oxygen atoms in total. The lowest BCUT2D eigenvalue weighted by atomic mass is 9.92. The number of hydrogen-bond acceptors (Lipinski definition) is 4. The summed E-state index contributed by atoms with van der Waals surface area (Å²) in [5, 5.41) is 0. The van der Waals surface area contributed by atoms with Crippen molar-refractivity contribution in [2.75, 3.05) is 65.7 Å². The highest BCUT2D eigenvalue weighted by Crippen LogP contribution is 2.21. The monoisotopic (exact) mass is 578 g/mol. The zero-order valence-electron chi connectivity index (χ0n) is 27.5. The predicted octanol–water partition coefficient (Wildman–Crippen LogP) is 8.01. The fraction of sp³-hybridized carbons (Fsp3) is 0.684. The molecule has 0 unspecified atom stereocenters. The summed E-state index contributed by atoms with van der Waals surface area (Å²) in [5.74, 6) is 3.45. The van der Waals surface area contributed by atoms with Crippen LogP contribution in [0.2, 0.25) is 0 Å². The zero-order valence-corrected chi connectivity index (χ0v) is 27.5. The number of piperidine rings is 2. The van der Waals surface area contributed by atoms with Crippen molar-refractivity contribution in [3.8, 4) is 0 Å². The maximum absolute atomic E-state index is 5.77. The van der Waals surface area contributed by atoms with Crippen LogP contribution in [0.3, 0.4) is 0 Å². The lowest BCUT2D eigenvalue weighted by Gasteiger charge is -2.34. The maximum Gasteiger partial charge on any atom is 0.0478 e. The molecule has 42 heavy (non-hydrogen) atoms. The summed E-state index contributed by atoms with van der Waals surface area (Å²) in [6, 6.07) is 21.3. The first-order valence-electron chi connectivity index (χ1n) is 17.2. The molecule has 0 saturated carbocycles. The molecule has 0 aromatic heterocycles. The van der Waals surface area contributed by atoms with Crippen molar-refractivity contribution < 1.29 is 9.47 Å². The van der Waals surface area contributed by atoms with Gasteiger partial charge in [0.05, 0.1) is 0 Å². The molecule has 2 aromatic rings. The smallest absolute Gasteiger partial charge is 0.0478 e. The highest BCUT2D eigenvalue weighted by molar-refractivity contribution is 5.15. The Hall–Kier alpha value is -1.72. The third kappa shape index (κ3) is 15.7. The van der Waals surface area contributed by atoms with E-state index < -0.39 is 0 Å². The number of likely N-dealkylation sites (tertiary alicyclic amines) is 2. The first kappa shape index (κ1) is 34.8. The molecule has 4 atom stereocenters. The second-order valence-electron chi connectivity index (χ2n) is 13.5. The lowest BCUT2D eigenvalue weighted by Crippen LogP contribution is -2.39. The van der Waals surface area contributed by atoms with Gasteiger partial charge in [-0.25, -0.2) is 0 Å². The number of nitrogens with zero attached hydrogens (tertiary/aromatic N) is 2. The zero-order chi connectivity index (χ0) is 29.8. The molecule has 4 heteroatoms. The Labute approximate surface area is 259 Å². The van der Waals surface area contributed by atoms with Crippen LogP contribution in [-0.2, 0) is 22.3 Å². The van der Waals surface area contributed by atoms with Gasteiger partial charge in [0.15, 0.2) is 0 Å². The summed E-state index contributed by atoms with van der Waals surface area (Å²) >= 11 is 0. The molecule has 2 fully saturated rings. The Morgan fingerprint density at radius 1 is 0.500 bits per heavy atom. The average molecular weight is 579 g/mol. The van der Waals surface area contributed by atoms with Crippen LogP contribution in [0.25, 0.3) is 0 Å². The van der Waals surface area contributed by atoms with Gasteiger partial charge in [0.25, 0.3) is 0 Å². The summed E-state index contributed by atoms with van der Waals surface area (Å²) in [6.45, 7) is 20.6. The van der Waals surface area contributed by atoms with Crippen molar-refractivity contribution in [3.63, 3.8) is 0 Å². The molecule has 0 aliphatic carbocycles. The highest BCUT2D eigenvalue weighted by Gasteiger charge is 2.21. The van der Waals surface area contributed by atoms with Crippen molar-refractivity contribution >= 4 is 0 Å². The lowest BCUT2D eigenvalue weighted by molar-refractivity contribution is 0.0980. The highest BCUT2D eigenvalue weighted by atomic mass is 16.5. The Kier molecular flexibility index (Phi) is 17.4. The molecule has 2 heterocycles. The summed E-state index contributed by atoms with van der Waals surface area (Å²) in [7, 11) is 0. The van der Waals surface area contributed by atoms with Gasteiger partial charge in [0, 0.05) is 65.7 Å². The van der Waals surface area contributed by atoms with Crippen LogP contribution in [-0.4, -0.2) is 75.5 Å². The van der Waals surface area contributed by atoms with Gasteiger partial charge in [-0.3, -0.25) is 0 Å². The van der Waals surface area contributed by atoms with Gasteiger partial charge < -0.3 is 19.3 Å². The minimum absolute atomic E-state index is 0.862. The first-order valence-corrected chi connectivity index (χ1v) is 17.2. The van der Waals surface area contributed by atoms with Crippen molar-refractivity contribution in [2.45, 2.75) is 79.1 Å². The number of benzene rings is 2. The van der Waals surface area contributed by atoms with Crippen molar-refractivity contribution in [3.05, 3.63) is 71.8 Å². The third-order valence-electron chi connectivity index (χ3n) is 8.61. The summed E-state index contributed by atoms with van der Waals surface area (Å²) in [6.07, 6.45) is 9.64. The van der Waals surface area contributed by atoms with Crippen LogP contribution in [0.15, 0.2) is 60.7 Å². The van der Waals surface area contributed by atoms with Gasteiger partial charge in [-0.05, 0) is 86.2 Å². The van der Waals surface area contributed by atoms with E-state index in [4.69, 9.17) is 9.47 Å². The minimum atomic E-state index is 0.862. The number of ether oxygens (including phenoxy) is 2. The van der Waals surface area contributed by atoms with Crippen LogP contribution in [0, 0.1) is 23.7 Å². The van der Waals surface area contributed by atoms with E-state index >= 15 is 0 Å². The SMILES string of the molecule is C[C@@H]1C[C@H](C)CN(CCCOCCCc2ccccc2)C1.C[C@H]1C[C@H](C)CN(CCCOCCCc2ccccc2)C1. The number of hydrogen-bond donors (Lipinski definition) is 0. The molecule has 2 saturated heterocycles. The van der Waals surface area contributed by atoms with E-state index in [9.17, 15) is 0 Å². The molecule has 4 rings (SSSR count). The third-order valence-corrected chi connectivity index (χ3v) is 8.61. The van der Waals surface area contributed by atoms with E-state index in [1.807, 2.05) is 0 Å². The molecule has 0 N–H and O–H groups in total. The van der Waals surface area contributed by atoms with Crippen LogP contribution in [0.1, 0.15) is 77.3 Å².